The number of hydrogen-bond donors (Lipinski definition) is 0. The van der Waals surface area contributed by atoms with E-state index in [1.54, 1.807) is 0 Å². The van der Waals surface area contributed by atoms with Gasteiger partial charge in [0, 0.05) is 19.4 Å². The van der Waals surface area contributed by atoms with Crippen LogP contribution in [0.3, 0.4) is 0 Å². The minimum Gasteiger partial charge on any atom is -0.462 e. The van der Waals surface area contributed by atoms with Crippen LogP contribution < -0.4 is 0 Å². The summed E-state index contributed by atoms with van der Waals surface area (Å²) in [6.45, 7) is 7.67. The van der Waals surface area contributed by atoms with E-state index in [-0.39, 0.29) is 25.2 Å². The Morgan fingerprint density at radius 1 is 0.359 bits per heavy atom. The Balaban J connectivity index is 4.32. The summed E-state index contributed by atoms with van der Waals surface area (Å²) in [6.07, 6.45) is 70.5. The van der Waals surface area contributed by atoms with Crippen LogP contribution in [0.4, 0.5) is 0 Å². The van der Waals surface area contributed by atoms with Crippen molar-refractivity contribution < 1.29 is 23.8 Å². The van der Waals surface area contributed by atoms with E-state index >= 15 is 0 Å². The first-order chi connectivity index (χ1) is 31.6. The molecule has 0 fully saturated rings. The molecule has 0 heterocycles. The molecule has 0 rings (SSSR count). The van der Waals surface area contributed by atoms with E-state index in [1.165, 1.54) is 141 Å². The standard InChI is InChI=1S/C59H104O5/c1-4-7-10-13-16-19-22-25-28-30-32-34-37-40-43-46-49-52-58(60)63-56-57(55-62-54-51-48-45-42-39-36-33-29-26-23-20-17-14-11-8-5-2)64-59(61)53-50-47-44-41-38-35-31-27-24-21-18-15-12-9-6-3/h7,10,16-17,19-20,25-26,28-29,32,34,57H,4-6,8-9,11-15,18,21-24,27,30-31,33,35-56H2,1-3H3/b10-7-,19-16-,20-17-,28-25-,29-26-,34-32-. The largest absolute Gasteiger partial charge is 0.462 e. The van der Waals surface area contributed by atoms with Gasteiger partial charge in [0.15, 0.2) is 6.10 Å². The smallest absolute Gasteiger partial charge is 0.306 e. The molecule has 0 aromatic heterocycles. The Morgan fingerprint density at radius 3 is 1.16 bits per heavy atom. The molecule has 0 aliphatic heterocycles. The van der Waals surface area contributed by atoms with Crippen LogP contribution in [0.5, 0.6) is 0 Å². The molecule has 5 nitrogen and oxygen atoms in total. The molecule has 0 saturated carbocycles. The highest BCUT2D eigenvalue weighted by Crippen LogP contribution is 2.15. The zero-order chi connectivity index (χ0) is 46.3. The van der Waals surface area contributed by atoms with Gasteiger partial charge in [-0.2, -0.15) is 0 Å². The Hall–Kier alpha value is -2.66. The minimum absolute atomic E-state index is 0.0684. The third-order valence-corrected chi connectivity index (χ3v) is 11.7. The molecule has 0 saturated heterocycles. The van der Waals surface area contributed by atoms with E-state index in [0.717, 1.165) is 89.9 Å². The molecule has 0 amide bonds. The van der Waals surface area contributed by atoms with Crippen LogP contribution in [0, 0.1) is 0 Å². The first-order valence-electron chi connectivity index (χ1n) is 27.5. The van der Waals surface area contributed by atoms with Crippen LogP contribution in [0.1, 0.15) is 265 Å². The second kappa shape index (κ2) is 54.7. The zero-order valence-corrected chi connectivity index (χ0v) is 42.5. The second-order valence-electron chi connectivity index (χ2n) is 18.1. The summed E-state index contributed by atoms with van der Waals surface area (Å²) in [4.78, 5) is 25.5. The van der Waals surface area contributed by atoms with Crippen molar-refractivity contribution in [3.63, 3.8) is 0 Å². The van der Waals surface area contributed by atoms with Gasteiger partial charge in [0.1, 0.15) is 6.61 Å². The maximum atomic E-state index is 12.8. The van der Waals surface area contributed by atoms with E-state index < -0.39 is 6.10 Å². The minimum atomic E-state index is -0.552. The summed E-state index contributed by atoms with van der Waals surface area (Å²) >= 11 is 0. The highest BCUT2D eigenvalue weighted by Gasteiger charge is 2.17. The van der Waals surface area contributed by atoms with Gasteiger partial charge >= 0.3 is 11.9 Å². The maximum absolute atomic E-state index is 12.8. The zero-order valence-electron chi connectivity index (χ0n) is 42.5. The average Bonchev–Trinajstić information content (AvgIpc) is 3.30. The lowest BCUT2D eigenvalue weighted by molar-refractivity contribution is -0.163. The molecule has 0 N–H and O–H groups in total. The third-order valence-electron chi connectivity index (χ3n) is 11.7. The molecule has 0 aromatic carbocycles. The van der Waals surface area contributed by atoms with Gasteiger partial charge in [0.2, 0.25) is 0 Å². The van der Waals surface area contributed by atoms with Gasteiger partial charge in [0.25, 0.3) is 0 Å². The Morgan fingerprint density at radius 2 is 0.703 bits per heavy atom. The summed E-state index contributed by atoms with van der Waals surface area (Å²) in [7, 11) is 0. The molecule has 0 aromatic rings. The fraction of sp³-hybridized carbons (Fsp3) is 0.763. The van der Waals surface area contributed by atoms with Crippen molar-refractivity contribution in [2.24, 2.45) is 0 Å². The molecule has 1 atom stereocenters. The highest BCUT2D eigenvalue weighted by molar-refractivity contribution is 5.70. The second-order valence-corrected chi connectivity index (χ2v) is 18.1. The number of allylic oxidation sites excluding steroid dienone is 12. The van der Waals surface area contributed by atoms with E-state index in [2.05, 4.69) is 93.7 Å². The summed E-state index contributed by atoms with van der Waals surface area (Å²) < 4.78 is 17.4. The van der Waals surface area contributed by atoms with Crippen molar-refractivity contribution in [1.82, 2.24) is 0 Å². The van der Waals surface area contributed by atoms with Gasteiger partial charge in [-0.3, -0.25) is 9.59 Å². The van der Waals surface area contributed by atoms with Crippen molar-refractivity contribution >= 4 is 11.9 Å². The number of carbonyl (C=O) groups is 2. The quantitative estimate of drug-likeness (QED) is 0.0346. The van der Waals surface area contributed by atoms with Crippen LogP contribution in [0.15, 0.2) is 72.9 Å². The van der Waals surface area contributed by atoms with E-state index in [1.807, 2.05) is 0 Å². The van der Waals surface area contributed by atoms with Crippen LogP contribution >= 0.6 is 0 Å². The maximum Gasteiger partial charge on any atom is 0.306 e. The lowest BCUT2D eigenvalue weighted by Crippen LogP contribution is -2.30. The average molecular weight is 893 g/mol. The van der Waals surface area contributed by atoms with Gasteiger partial charge in [-0.1, -0.05) is 235 Å². The fourth-order valence-corrected chi connectivity index (χ4v) is 7.65. The van der Waals surface area contributed by atoms with Crippen molar-refractivity contribution in [1.29, 1.82) is 0 Å². The SMILES string of the molecule is CC/C=C\C/C=C\C/C=C\C/C=C\CCCCCCC(=O)OCC(COCCCCCCCC/C=C\C/C=C\CCCCC)OC(=O)CCCCCCCCCCCCCCCCC. The molecule has 5 heteroatoms. The van der Waals surface area contributed by atoms with E-state index in [0.29, 0.717) is 19.4 Å². The van der Waals surface area contributed by atoms with Gasteiger partial charge in [-0.15, -0.1) is 0 Å². The molecule has 370 valence electrons. The number of ether oxygens (including phenoxy) is 3. The molecule has 0 aliphatic rings. The predicted molar refractivity (Wildman–Crippen MR) is 279 cm³/mol. The van der Waals surface area contributed by atoms with Crippen LogP contribution in [-0.4, -0.2) is 37.9 Å². The number of hydrogen-bond acceptors (Lipinski definition) is 5. The number of esters is 2. The molecule has 0 aliphatic carbocycles. The van der Waals surface area contributed by atoms with Gasteiger partial charge in [0.05, 0.1) is 6.61 Å². The topological polar surface area (TPSA) is 61.8 Å². The first-order valence-corrected chi connectivity index (χ1v) is 27.5. The summed E-state index contributed by atoms with van der Waals surface area (Å²) in [5, 5.41) is 0. The molecular formula is C59H104O5. The summed E-state index contributed by atoms with van der Waals surface area (Å²) in [5.41, 5.74) is 0. The third kappa shape index (κ3) is 52.0. The number of carbonyl (C=O) groups excluding carboxylic acids is 2. The molecule has 0 spiro atoms. The molecular weight excluding hydrogens is 789 g/mol. The number of rotatable bonds is 50. The van der Waals surface area contributed by atoms with Crippen LogP contribution in [-0.2, 0) is 23.8 Å². The Labute approximate surface area is 397 Å². The van der Waals surface area contributed by atoms with Crippen molar-refractivity contribution in [3.8, 4) is 0 Å². The molecule has 0 radical (unpaired) electrons. The monoisotopic (exact) mass is 893 g/mol. The van der Waals surface area contributed by atoms with Crippen LogP contribution in [0.2, 0.25) is 0 Å². The lowest BCUT2D eigenvalue weighted by Gasteiger charge is -2.18. The predicted octanol–water partition coefficient (Wildman–Crippen LogP) is 18.7. The Kier molecular flexibility index (Phi) is 52.4. The van der Waals surface area contributed by atoms with Gasteiger partial charge in [-0.05, 0) is 89.9 Å². The van der Waals surface area contributed by atoms with Gasteiger partial charge < -0.3 is 14.2 Å². The first kappa shape index (κ1) is 61.3. The normalized spacial score (nSPS) is 12.7. The summed E-state index contributed by atoms with van der Waals surface area (Å²) in [5.74, 6) is -0.422. The van der Waals surface area contributed by atoms with Crippen molar-refractivity contribution in [2.45, 2.75) is 271 Å². The number of unbranched alkanes of at least 4 members (excludes halogenated alkanes) is 27. The lowest BCUT2D eigenvalue weighted by atomic mass is 10.0. The van der Waals surface area contributed by atoms with Crippen molar-refractivity contribution in [3.05, 3.63) is 72.9 Å². The highest BCUT2D eigenvalue weighted by atomic mass is 16.6. The summed E-state index contributed by atoms with van der Waals surface area (Å²) in [6, 6.07) is 0. The molecule has 1 unspecified atom stereocenters. The van der Waals surface area contributed by atoms with E-state index in [4.69, 9.17) is 14.2 Å². The fourth-order valence-electron chi connectivity index (χ4n) is 7.65. The van der Waals surface area contributed by atoms with E-state index in [9.17, 15) is 9.59 Å². The van der Waals surface area contributed by atoms with Crippen molar-refractivity contribution in [2.75, 3.05) is 19.8 Å². The van der Waals surface area contributed by atoms with Crippen LogP contribution in [0.25, 0.3) is 0 Å². The Bertz CT molecular complexity index is 1150. The molecule has 64 heavy (non-hydrogen) atoms. The molecule has 0 bridgehead atoms. The van der Waals surface area contributed by atoms with Gasteiger partial charge in [-0.25, -0.2) is 0 Å².